The molecule has 0 bridgehead atoms. The molecule has 0 saturated carbocycles. The summed E-state index contributed by atoms with van der Waals surface area (Å²) in [5.74, 6) is 1.33. The molecule has 0 amide bonds. The van der Waals surface area contributed by atoms with Gasteiger partial charge in [0.1, 0.15) is 11.3 Å². The zero-order valence-corrected chi connectivity index (χ0v) is 19.9. The Hall–Kier alpha value is -4.04. The summed E-state index contributed by atoms with van der Waals surface area (Å²) in [6.07, 6.45) is 5.50. The van der Waals surface area contributed by atoms with E-state index < -0.39 is 0 Å². The van der Waals surface area contributed by atoms with Gasteiger partial charge in [0.25, 0.3) is 0 Å². The molecule has 168 valence electrons. The number of fused-ring (bicyclic) bond motifs is 10. The number of rotatable bonds is 1. The number of H-pyrrole nitrogens is 1. The van der Waals surface area contributed by atoms with Crippen LogP contribution in [-0.4, -0.2) is 4.98 Å². The summed E-state index contributed by atoms with van der Waals surface area (Å²) in [6, 6.07) is 28.8. The highest BCUT2D eigenvalue weighted by Gasteiger charge is 2.38. The van der Waals surface area contributed by atoms with E-state index >= 15 is 0 Å². The quantitative estimate of drug-likeness (QED) is 0.266. The molecule has 1 unspecified atom stereocenters. The summed E-state index contributed by atoms with van der Waals surface area (Å²) in [7, 11) is 0. The van der Waals surface area contributed by atoms with Crippen molar-refractivity contribution in [2.24, 2.45) is 0 Å². The van der Waals surface area contributed by atoms with Crippen LogP contribution >= 0.6 is 0 Å². The first-order chi connectivity index (χ1) is 17.1. The van der Waals surface area contributed by atoms with Crippen LogP contribution in [0, 0.1) is 0 Å². The van der Waals surface area contributed by atoms with Gasteiger partial charge in [0, 0.05) is 44.1 Å². The summed E-state index contributed by atoms with van der Waals surface area (Å²) in [4.78, 5) is 3.74. The van der Waals surface area contributed by atoms with Gasteiger partial charge < -0.3 is 9.40 Å². The van der Waals surface area contributed by atoms with E-state index in [-0.39, 0.29) is 11.3 Å². The van der Waals surface area contributed by atoms with Crippen LogP contribution < -0.4 is 0 Å². The lowest BCUT2D eigenvalue weighted by atomic mass is 9.79. The molecule has 2 aliphatic rings. The van der Waals surface area contributed by atoms with Crippen molar-refractivity contribution in [3.63, 3.8) is 0 Å². The van der Waals surface area contributed by atoms with Gasteiger partial charge in [-0.1, -0.05) is 92.7 Å². The molecule has 2 nitrogen and oxygen atoms in total. The molecule has 0 radical (unpaired) electrons. The molecule has 2 aliphatic carbocycles. The van der Waals surface area contributed by atoms with Crippen LogP contribution in [-0.2, 0) is 5.41 Å². The Bertz CT molecular complexity index is 1860. The van der Waals surface area contributed by atoms with Crippen molar-refractivity contribution in [3.05, 3.63) is 113 Å². The minimum Gasteiger partial charge on any atom is -0.460 e. The molecule has 0 aliphatic heterocycles. The van der Waals surface area contributed by atoms with Crippen molar-refractivity contribution in [2.75, 3.05) is 0 Å². The Morgan fingerprint density at radius 3 is 2.57 bits per heavy atom. The van der Waals surface area contributed by atoms with Gasteiger partial charge in [-0.05, 0) is 40.8 Å². The lowest BCUT2D eigenvalue weighted by molar-refractivity contribution is 0.516. The third-order valence-electron chi connectivity index (χ3n) is 8.38. The van der Waals surface area contributed by atoms with Crippen LogP contribution in [0.5, 0.6) is 0 Å². The highest BCUT2D eigenvalue weighted by molar-refractivity contribution is 6.13. The molecule has 0 fully saturated rings. The Balaban J connectivity index is 1.33. The Labute approximate surface area is 203 Å². The second kappa shape index (κ2) is 6.55. The molecule has 2 heteroatoms. The minimum absolute atomic E-state index is 0.0621. The van der Waals surface area contributed by atoms with E-state index in [1.807, 2.05) is 0 Å². The summed E-state index contributed by atoms with van der Waals surface area (Å²) in [5, 5.41) is 3.80. The molecule has 0 spiro atoms. The third kappa shape index (κ3) is 2.44. The van der Waals surface area contributed by atoms with Crippen molar-refractivity contribution in [1.29, 1.82) is 0 Å². The Morgan fingerprint density at radius 2 is 1.66 bits per heavy atom. The van der Waals surface area contributed by atoms with Gasteiger partial charge in [0.2, 0.25) is 0 Å². The highest BCUT2D eigenvalue weighted by atomic mass is 16.3. The van der Waals surface area contributed by atoms with Gasteiger partial charge in [-0.15, -0.1) is 0 Å². The zero-order chi connectivity index (χ0) is 23.3. The van der Waals surface area contributed by atoms with Crippen LogP contribution in [0.1, 0.15) is 54.2 Å². The van der Waals surface area contributed by atoms with Crippen molar-refractivity contribution < 1.29 is 4.42 Å². The van der Waals surface area contributed by atoms with Crippen molar-refractivity contribution in [2.45, 2.75) is 31.6 Å². The molecular weight excluding hydrogens is 426 g/mol. The number of hydrogen-bond acceptors (Lipinski definition) is 1. The van der Waals surface area contributed by atoms with Gasteiger partial charge in [0.15, 0.2) is 0 Å². The lowest BCUT2D eigenvalue weighted by Gasteiger charge is -2.24. The fourth-order valence-electron chi connectivity index (χ4n) is 6.61. The van der Waals surface area contributed by atoms with E-state index in [0.29, 0.717) is 0 Å². The Kier molecular flexibility index (Phi) is 3.61. The average Bonchev–Trinajstić information content (AvgIpc) is 3.52. The van der Waals surface area contributed by atoms with Crippen LogP contribution in [0.15, 0.2) is 89.4 Å². The third-order valence-corrected chi connectivity index (χ3v) is 8.38. The molecule has 2 aromatic heterocycles. The first-order valence-electron chi connectivity index (χ1n) is 12.5. The van der Waals surface area contributed by atoms with Gasteiger partial charge >= 0.3 is 0 Å². The molecule has 6 aromatic rings. The number of hydrogen-bond donors (Lipinski definition) is 1. The van der Waals surface area contributed by atoms with Gasteiger partial charge in [-0.2, -0.15) is 0 Å². The monoisotopic (exact) mass is 451 g/mol. The largest absolute Gasteiger partial charge is 0.460 e. The Morgan fingerprint density at radius 1 is 0.829 bits per heavy atom. The maximum Gasteiger partial charge on any atom is 0.134 e. The fraction of sp³-hybridized carbons (Fsp3) is 0.152. The van der Waals surface area contributed by atoms with Gasteiger partial charge in [-0.25, -0.2) is 0 Å². The molecule has 4 aromatic carbocycles. The molecule has 1 N–H and O–H groups in total. The second-order valence-corrected chi connectivity index (χ2v) is 10.6. The predicted molar refractivity (Wildman–Crippen MR) is 145 cm³/mol. The maximum atomic E-state index is 6.43. The number of aromatic amines is 1. The second-order valence-electron chi connectivity index (χ2n) is 10.6. The lowest BCUT2D eigenvalue weighted by Crippen LogP contribution is -2.15. The number of aromatic nitrogens is 1. The first kappa shape index (κ1) is 19.3. The maximum absolute atomic E-state index is 6.43. The van der Waals surface area contributed by atoms with Crippen molar-refractivity contribution in [1.82, 2.24) is 4.98 Å². The number of nitrogens with one attached hydrogen (secondary N) is 1. The molecule has 1 atom stereocenters. The topological polar surface area (TPSA) is 28.9 Å². The predicted octanol–water partition coefficient (Wildman–Crippen LogP) is 8.92. The average molecular weight is 452 g/mol. The summed E-state index contributed by atoms with van der Waals surface area (Å²) in [5.41, 5.74) is 11.5. The normalized spacial score (nSPS) is 17.7. The molecule has 2 heterocycles. The van der Waals surface area contributed by atoms with E-state index in [1.54, 1.807) is 0 Å². The molecule has 35 heavy (non-hydrogen) atoms. The molecular formula is C33H25NO. The SMILES string of the molecule is CC1(C)c2cc(C3CC=Cc4c3oc3ccccc43)ccc2-c2c1ccc1c2[nH]c2ccccc21. The number of furan rings is 1. The van der Waals surface area contributed by atoms with Crippen LogP contribution in [0.4, 0.5) is 0 Å². The van der Waals surface area contributed by atoms with E-state index in [9.17, 15) is 0 Å². The van der Waals surface area contributed by atoms with Crippen molar-refractivity contribution in [3.8, 4) is 11.1 Å². The summed E-state index contributed by atoms with van der Waals surface area (Å²) in [6.45, 7) is 4.73. The van der Waals surface area contributed by atoms with Gasteiger partial charge in [0.05, 0.1) is 5.52 Å². The zero-order valence-electron chi connectivity index (χ0n) is 19.9. The van der Waals surface area contributed by atoms with Crippen LogP contribution in [0.3, 0.4) is 0 Å². The van der Waals surface area contributed by atoms with Crippen LogP contribution in [0.2, 0.25) is 0 Å². The first-order valence-corrected chi connectivity index (χ1v) is 12.5. The molecule has 0 saturated heterocycles. The van der Waals surface area contributed by atoms with Crippen molar-refractivity contribution >= 4 is 38.9 Å². The fourth-order valence-corrected chi connectivity index (χ4v) is 6.61. The smallest absolute Gasteiger partial charge is 0.134 e. The number of benzene rings is 4. The van der Waals surface area contributed by atoms with E-state index in [0.717, 1.165) is 17.8 Å². The summed E-state index contributed by atoms with van der Waals surface area (Å²) < 4.78 is 6.43. The van der Waals surface area contributed by atoms with E-state index in [1.165, 1.54) is 60.6 Å². The van der Waals surface area contributed by atoms with E-state index in [4.69, 9.17) is 4.42 Å². The molecule has 8 rings (SSSR count). The minimum atomic E-state index is -0.0621. The van der Waals surface area contributed by atoms with Crippen LogP contribution in [0.25, 0.3) is 50.0 Å². The van der Waals surface area contributed by atoms with Gasteiger partial charge in [-0.3, -0.25) is 0 Å². The number of para-hydroxylation sites is 2. The standard InChI is InChI=1S/C33H25NO/c1-33(2)26-17-16-23-21-8-3-5-12-28(21)34-31(23)30(26)25-15-14-19(18-27(25)33)20-10-7-11-24-22-9-4-6-13-29(22)35-32(20)24/h3-9,11-18,20,34H,10H2,1-2H3. The summed E-state index contributed by atoms with van der Waals surface area (Å²) >= 11 is 0. The highest BCUT2D eigenvalue weighted by Crippen LogP contribution is 2.53. The number of allylic oxidation sites excluding steroid dienone is 1. The van der Waals surface area contributed by atoms with E-state index in [2.05, 4.69) is 110 Å².